The van der Waals surface area contributed by atoms with Gasteiger partial charge in [0, 0.05) is 22.2 Å². The molecule has 0 spiro atoms. The van der Waals surface area contributed by atoms with Gasteiger partial charge in [-0.05, 0) is 5.92 Å². The molecule has 12 heavy (non-hydrogen) atoms. The van der Waals surface area contributed by atoms with Crippen molar-refractivity contribution in [1.82, 2.24) is 0 Å². The van der Waals surface area contributed by atoms with E-state index in [4.69, 9.17) is 0 Å². The molecule has 1 amide bonds. The molecule has 3 nitrogen and oxygen atoms in total. The van der Waals surface area contributed by atoms with Gasteiger partial charge in [-0.1, -0.05) is 29.8 Å². The minimum absolute atomic E-state index is 0.169. The summed E-state index contributed by atoms with van der Waals surface area (Å²) in [6.45, 7) is 3.81. The Morgan fingerprint density at radius 2 is 1.83 bits per heavy atom. The van der Waals surface area contributed by atoms with Gasteiger partial charge in [-0.15, -0.1) is 0 Å². The normalized spacial score (nSPS) is 14.5. The van der Waals surface area contributed by atoms with Crippen LogP contribution in [0, 0.1) is 5.92 Å². The van der Waals surface area contributed by atoms with Crippen LogP contribution in [0.25, 0.3) is 0 Å². The lowest BCUT2D eigenvalue weighted by molar-refractivity contribution is -0.117. The second-order valence-corrected chi connectivity index (χ2v) is 6.79. The molecule has 0 rings (SSSR count). The first kappa shape index (κ1) is 12.1. The zero-order valence-electron chi connectivity index (χ0n) is 7.70. The summed E-state index contributed by atoms with van der Waals surface area (Å²) in [6.07, 6.45) is 2.90. The average molecular weight is 256 g/mol. The molecule has 72 valence electrons. The summed E-state index contributed by atoms with van der Waals surface area (Å²) in [5, 5.41) is 0. The molecule has 0 heterocycles. The fourth-order valence-electron chi connectivity index (χ4n) is 0.552. The lowest BCUT2D eigenvalue weighted by atomic mass is 10.1. The van der Waals surface area contributed by atoms with Gasteiger partial charge < -0.3 is 0 Å². The van der Waals surface area contributed by atoms with Gasteiger partial charge >= 0.3 is 0 Å². The molecule has 0 fully saturated rings. The van der Waals surface area contributed by atoms with Crippen LogP contribution in [-0.4, -0.2) is 27.5 Å². The first-order valence-electron chi connectivity index (χ1n) is 3.59. The molecule has 0 aliphatic rings. The molecule has 1 unspecified atom stereocenters. The van der Waals surface area contributed by atoms with E-state index in [0.29, 0.717) is 0 Å². The van der Waals surface area contributed by atoms with E-state index >= 15 is 0 Å². The third-order valence-corrected chi connectivity index (χ3v) is 3.20. The Kier molecular flexibility index (Phi) is 4.40. The summed E-state index contributed by atoms with van der Waals surface area (Å²) in [7, 11) is -2.31. The summed E-state index contributed by atoms with van der Waals surface area (Å²) < 4.78 is 14.7. The van der Waals surface area contributed by atoms with Crippen molar-refractivity contribution < 1.29 is 9.00 Å². The van der Waals surface area contributed by atoms with E-state index in [0.717, 1.165) is 0 Å². The first-order chi connectivity index (χ1) is 5.24. The van der Waals surface area contributed by atoms with Crippen molar-refractivity contribution in [1.29, 1.82) is 0 Å². The standard InChI is InChI=1S/C7H14BrNO2S/c1-5(2)6(8)7(10)9-12(3,4)11/h5-6H,1-4H3. The third-order valence-electron chi connectivity index (χ3n) is 1.13. The number of hydrogen-bond donors (Lipinski definition) is 0. The molecule has 0 aromatic carbocycles. The van der Waals surface area contributed by atoms with E-state index in [1.165, 1.54) is 12.5 Å². The van der Waals surface area contributed by atoms with Crippen molar-refractivity contribution in [2.75, 3.05) is 12.5 Å². The van der Waals surface area contributed by atoms with Crippen LogP contribution in [-0.2, 0) is 14.5 Å². The van der Waals surface area contributed by atoms with Gasteiger partial charge in [-0.3, -0.25) is 4.79 Å². The van der Waals surface area contributed by atoms with Crippen molar-refractivity contribution in [2.45, 2.75) is 18.7 Å². The van der Waals surface area contributed by atoms with E-state index in [-0.39, 0.29) is 16.7 Å². The highest BCUT2D eigenvalue weighted by Gasteiger charge is 2.18. The van der Waals surface area contributed by atoms with Gasteiger partial charge in [-0.2, -0.15) is 4.36 Å². The minimum atomic E-state index is -2.31. The van der Waals surface area contributed by atoms with Crippen LogP contribution >= 0.6 is 15.9 Å². The predicted molar refractivity (Wildman–Crippen MR) is 55.0 cm³/mol. The third kappa shape index (κ3) is 4.87. The lowest BCUT2D eigenvalue weighted by Gasteiger charge is -2.08. The van der Waals surface area contributed by atoms with E-state index < -0.39 is 9.73 Å². The topological polar surface area (TPSA) is 46.5 Å². The summed E-state index contributed by atoms with van der Waals surface area (Å²) >= 11 is 3.19. The van der Waals surface area contributed by atoms with Gasteiger partial charge in [0.1, 0.15) is 0 Å². The summed E-state index contributed by atoms with van der Waals surface area (Å²) in [5.41, 5.74) is 0. The number of amides is 1. The molecule has 0 saturated carbocycles. The Hall–Kier alpha value is 0.1000. The number of carbonyl (C=O) groups is 1. The Balaban J connectivity index is 4.56. The maximum atomic E-state index is 11.2. The van der Waals surface area contributed by atoms with Crippen LogP contribution in [0.15, 0.2) is 4.36 Å². The SMILES string of the molecule is CC(C)C(Br)C(=O)N=S(C)(C)=O. The van der Waals surface area contributed by atoms with Gasteiger partial charge in [0.15, 0.2) is 0 Å². The van der Waals surface area contributed by atoms with Gasteiger partial charge in [0.25, 0.3) is 5.91 Å². The molecule has 1 atom stereocenters. The molecule has 0 aromatic heterocycles. The van der Waals surface area contributed by atoms with Gasteiger partial charge in [-0.25, -0.2) is 4.21 Å². The highest BCUT2D eigenvalue weighted by atomic mass is 79.9. The van der Waals surface area contributed by atoms with Gasteiger partial charge in [0.2, 0.25) is 0 Å². The Labute approximate surface area is 82.2 Å². The van der Waals surface area contributed by atoms with Crippen LogP contribution < -0.4 is 0 Å². The van der Waals surface area contributed by atoms with Crippen molar-refractivity contribution >= 4 is 31.6 Å². The van der Waals surface area contributed by atoms with Crippen LogP contribution in [0.2, 0.25) is 0 Å². The number of rotatable bonds is 2. The Morgan fingerprint density at radius 3 is 2.08 bits per heavy atom. The maximum Gasteiger partial charge on any atom is 0.267 e. The molecule has 0 bridgehead atoms. The maximum absolute atomic E-state index is 11.2. The Bertz CT molecular complexity index is 271. The van der Waals surface area contributed by atoms with E-state index in [1.807, 2.05) is 13.8 Å². The van der Waals surface area contributed by atoms with Crippen molar-refractivity contribution in [3.05, 3.63) is 0 Å². The van der Waals surface area contributed by atoms with E-state index in [9.17, 15) is 9.00 Å². The highest BCUT2D eigenvalue weighted by molar-refractivity contribution is 9.10. The monoisotopic (exact) mass is 255 g/mol. The molecule has 0 aliphatic heterocycles. The van der Waals surface area contributed by atoms with Gasteiger partial charge in [0.05, 0.1) is 4.83 Å². The number of carbonyl (C=O) groups excluding carboxylic acids is 1. The minimum Gasteiger partial charge on any atom is -0.271 e. The zero-order valence-corrected chi connectivity index (χ0v) is 10.1. The van der Waals surface area contributed by atoms with E-state index in [1.54, 1.807) is 0 Å². The molecule has 5 heteroatoms. The summed E-state index contributed by atoms with van der Waals surface area (Å²) in [5.74, 6) is -0.164. The molecule has 0 saturated heterocycles. The van der Waals surface area contributed by atoms with Crippen molar-refractivity contribution in [2.24, 2.45) is 10.3 Å². The number of halogens is 1. The fraction of sp³-hybridized carbons (Fsp3) is 0.857. The van der Waals surface area contributed by atoms with Crippen LogP contribution in [0.5, 0.6) is 0 Å². The van der Waals surface area contributed by atoms with Crippen LogP contribution in [0.3, 0.4) is 0 Å². The highest BCUT2D eigenvalue weighted by Crippen LogP contribution is 2.13. The lowest BCUT2D eigenvalue weighted by Crippen LogP contribution is -2.19. The number of hydrogen-bond acceptors (Lipinski definition) is 2. The molecule has 0 aliphatic carbocycles. The van der Waals surface area contributed by atoms with Crippen molar-refractivity contribution in [3.63, 3.8) is 0 Å². The number of nitrogens with zero attached hydrogens (tertiary/aromatic N) is 1. The quantitative estimate of drug-likeness (QED) is 0.705. The predicted octanol–water partition coefficient (Wildman–Crippen LogP) is 1.66. The Morgan fingerprint density at radius 1 is 1.42 bits per heavy atom. The first-order valence-corrected chi connectivity index (χ1v) is 6.84. The summed E-state index contributed by atoms with van der Waals surface area (Å²) in [6, 6.07) is 0. The van der Waals surface area contributed by atoms with Crippen LogP contribution in [0.4, 0.5) is 0 Å². The molecular formula is C7H14BrNO2S. The average Bonchev–Trinajstić information content (AvgIpc) is 1.82. The van der Waals surface area contributed by atoms with Crippen molar-refractivity contribution in [3.8, 4) is 0 Å². The smallest absolute Gasteiger partial charge is 0.267 e. The molecule has 0 N–H and O–H groups in total. The second kappa shape index (κ2) is 4.37. The molecular weight excluding hydrogens is 242 g/mol. The van der Waals surface area contributed by atoms with E-state index in [2.05, 4.69) is 20.3 Å². The molecule has 0 aromatic rings. The molecule has 0 radical (unpaired) electrons. The second-order valence-electron chi connectivity index (χ2n) is 3.26. The summed E-state index contributed by atoms with van der Waals surface area (Å²) in [4.78, 5) is 10.9. The fourth-order valence-corrected chi connectivity index (χ4v) is 1.34. The largest absolute Gasteiger partial charge is 0.271 e. The zero-order chi connectivity index (χ0) is 9.94. The number of alkyl halides is 1. The van der Waals surface area contributed by atoms with Crippen LogP contribution in [0.1, 0.15) is 13.8 Å².